The lowest BCUT2D eigenvalue weighted by Crippen LogP contribution is -2.34. The highest BCUT2D eigenvalue weighted by Gasteiger charge is 2.41. The van der Waals surface area contributed by atoms with Gasteiger partial charge in [0, 0.05) is 5.56 Å². The van der Waals surface area contributed by atoms with E-state index >= 15 is 0 Å². The van der Waals surface area contributed by atoms with Gasteiger partial charge >= 0.3 is 5.97 Å². The molecule has 1 aliphatic rings. The first-order valence-corrected chi connectivity index (χ1v) is 7.02. The van der Waals surface area contributed by atoms with Crippen LogP contribution in [0.5, 0.6) is 0 Å². The van der Waals surface area contributed by atoms with Crippen LogP contribution >= 0.6 is 0 Å². The molecule has 7 heteroatoms. The Balaban J connectivity index is 1.72. The summed E-state index contributed by atoms with van der Waals surface area (Å²) in [7, 11) is 0. The fraction of sp³-hybridized carbons (Fsp3) is 0.118. The fourth-order valence-electron chi connectivity index (χ4n) is 2.35. The van der Waals surface area contributed by atoms with Gasteiger partial charge in [0.05, 0.1) is 11.1 Å². The Morgan fingerprint density at radius 1 is 0.917 bits per heavy atom. The summed E-state index contributed by atoms with van der Waals surface area (Å²) in [6.45, 7) is 0. The molecule has 122 valence electrons. The average Bonchev–Trinajstić information content (AvgIpc) is 2.81. The summed E-state index contributed by atoms with van der Waals surface area (Å²) in [6, 6.07) is 12.6. The van der Waals surface area contributed by atoms with Crippen LogP contribution in [0.15, 0.2) is 54.6 Å². The van der Waals surface area contributed by atoms with Crippen LogP contribution in [0.3, 0.4) is 0 Å². The van der Waals surface area contributed by atoms with Crippen molar-refractivity contribution in [1.29, 1.82) is 0 Å². The van der Waals surface area contributed by atoms with Crippen molar-refractivity contribution in [3.63, 3.8) is 0 Å². The van der Waals surface area contributed by atoms with Crippen LogP contribution < -0.4 is 0 Å². The topological polar surface area (TPSA) is 63.7 Å². The maximum Gasteiger partial charge on any atom is 0.339 e. The van der Waals surface area contributed by atoms with Crippen molar-refractivity contribution in [2.75, 3.05) is 0 Å². The molecule has 2 amide bonds. The zero-order valence-corrected chi connectivity index (χ0v) is 12.2. The zero-order chi connectivity index (χ0) is 17.3. The predicted molar refractivity (Wildman–Crippen MR) is 78.0 cm³/mol. The first-order valence-electron chi connectivity index (χ1n) is 7.02. The summed E-state index contributed by atoms with van der Waals surface area (Å²) in [6.07, 6.45) is -1.29. The highest BCUT2D eigenvalue weighted by molar-refractivity contribution is 6.20. The molecule has 0 radical (unpaired) electrons. The molecule has 0 bridgehead atoms. The lowest BCUT2D eigenvalue weighted by atomic mass is 10.1. The van der Waals surface area contributed by atoms with E-state index < -0.39 is 30.1 Å². The van der Waals surface area contributed by atoms with Crippen LogP contribution in [-0.4, -0.2) is 22.8 Å². The van der Waals surface area contributed by atoms with Gasteiger partial charge < -0.3 is 4.84 Å². The summed E-state index contributed by atoms with van der Waals surface area (Å²) < 4.78 is 28.1. The Labute approximate surface area is 135 Å². The minimum atomic E-state index is -3.48. The lowest BCUT2D eigenvalue weighted by molar-refractivity contribution is -0.176. The number of carbonyl (C=O) groups is 3. The van der Waals surface area contributed by atoms with Gasteiger partial charge in [-0.1, -0.05) is 47.5 Å². The average molecular weight is 331 g/mol. The second-order valence-corrected chi connectivity index (χ2v) is 5.16. The molecule has 5 nitrogen and oxygen atoms in total. The number of imide groups is 1. The molecule has 0 unspecified atom stereocenters. The number of hydrogen-bond acceptors (Lipinski definition) is 4. The predicted octanol–water partition coefficient (Wildman–Crippen LogP) is 2.92. The van der Waals surface area contributed by atoms with E-state index in [1.54, 1.807) is 18.2 Å². The molecule has 0 saturated carbocycles. The van der Waals surface area contributed by atoms with Gasteiger partial charge in [0.1, 0.15) is 6.42 Å². The summed E-state index contributed by atoms with van der Waals surface area (Å²) in [5, 5.41) is 0.216. The van der Waals surface area contributed by atoms with E-state index in [0.29, 0.717) is 0 Å². The molecule has 0 N–H and O–H groups in total. The molecule has 1 aliphatic heterocycles. The van der Waals surface area contributed by atoms with Crippen molar-refractivity contribution in [2.24, 2.45) is 0 Å². The largest absolute Gasteiger partial charge is 0.339 e. The quantitative estimate of drug-likeness (QED) is 0.808. The van der Waals surface area contributed by atoms with Crippen LogP contribution in [0.25, 0.3) is 0 Å². The Bertz CT molecular complexity index is 785. The molecule has 0 saturated heterocycles. The van der Waals surface area contributed by atoms with Crippen LogP contribution in [-0.2, 0) is 15.6 Å². The van der Waals surface area contributed by atoms with Gasteiger partial charge in [0.2, 0.25) is 0 Å². The van der Waals surface area contributed by atoms with Crippen molar-refractivity contribution < 1.29 is 28.0 Å². The third-order valence-corrected chi connectivity index (χ3v) is 3.51. The molecule has 0 aromatic heterocycles. The fourth-order valence-corrected chi connectivity index (χ4v) is 2.35. The van der Waals surface area contributed by atoms with E-state index in [-0.39, 0.29) is 21.8 Å². The Morgan fingerprint density at radius 3 is 1.96 bits per heavy atom. The number of halogens is 2. The van der Waals surface area contributed by atoms with Gasteiger partial charge in [-0.05, 0) is 12.1 Å². The molecule has 0 aliphatic carbocycles. The van der Waals surface area contributed by atoms with Crippen molar-refractivity contribution in [3.05, 3.63) is 71.3 Å². The molecule has 2 aromatic carbocycles. The molecule has 0 atom stereocenters. The summed E-state index contributed by atoms with van der Waals surface area (Å²) >= 11 is 0. The molecule has 2 aromatic rings. The maximum absolute atomic E-state index is 14.0. The molecule has 3 rings (SSSR count). The maximum atomic E-state index is 14.0. The first kappa shape index (κ1) is 15.8. The summed E-state index contributed by atoms with van der Waals surface area (Å²) in [5.74, 6) is -6.56. The third kappa shape index (κ3) is 2.76. The smallest absolute Gasteiger partial charge is 0.329 e. The molecule has 0 fully saturated rings. The first-order chi connectivity index (χ1) is 11.4. The summed E-state index contributed by atoms with van der Waals surface area (Å²) in [5.41, 5.74) is -0.237. The SMILES string of the molecule is O=C(CC(F)(F)c1ccccc1)ON1C(=O)c2ccccc2C1=O. The zero-order valence-electron chi connectivity index (χ0n) is 12.2. The van der Waals surface area contributed by atoms with Gasteiger partial charge in [-0.25, -0.2) is 13.6 Å². The number of hydroxylamine groups is 2. The highest BCUT2D eigenvalue weighted by Crippen LogP contribution is 2.32. The molecular formula is C17H11F2NO4. The van der Waals surface area contributed by atoms with Gasteiger partial charge in [0.25, 0.3) is 17.7 Å². The van der Waals surface area contributed by atoms with Crippen molar-refractivity contribution in [2.45, 2.75) is 12.3 Å². The van der Waals surface area contributed by atoms with Crippen molar-refractivity contribution in [1.82, 2.24) is 5.06 Å². The number of nitrogens with zero attached hydrogens (tertiary/aromatic N) is 1. The van der Waals surface area contributed by atoms with Crippen LogP contribution in [0.1, 0.15) is 32.7 Å². The normalized spacial score (nSPS) is 13.8. The number of carbonyl (C=O) groups excluding carboxylic acids is 3. The number of rotatable bonds is 4. The number of fused-ring (bicyclic) bond motifs is 1. The van der Waals surface area contributed by atoms with E-state index in [4.69, 9.17) is 0 Å². The molecule has 0 spiro atoms. The van der Waals surface area contributed by atoms with Crippen molar-refractivity contribution in [3.8, 4) is 0 Å². The number of hydrogen-bond donors (Lipinski definition) is 0. The highest BCUT2D eigenvalue weighted by atomic mass is 19.3. The van der Waals surface area contributed by atoms with Crippen molar-refractivity contribution >= 4 is 17.8 Å². The van der Waals surface area contributed by atoms with E-state index in [1.165, 1.54) is 36.4 Å². The lowest BCUT2D eigenvalue weighted by Gasteiger charge is -2.18. The van der Waals surface area contributed by atoms with Crippen LogP contribution in [0, 0.1) is 0 Å². The van der Waals surface area contributed by atoms with Gasteiger partial charge in [0.15, 0.2) is 0 Å². The van der Waals surface area contributed by atoms with Gasteiger partial charge in [-0.2, -0.15) is 0 Å². The van der Waals surface area contributed by atoms with E-state index in [0.717, 1.165) is 0 Å². The standard InChI is InChI=1S/C17H11F2NO4/c18-17(19,11-6-2-1-3-7-11)10-14(21)24-20-15(22)12-8-4-5-9-13(12)16(20)23/h1-9H,10H2. The minimum Gasteiger partial charge on any atom is -0.329 e. The van der Waals surface area contributed by atoms with Gasteiger partial charge in [-0.15, -0.1) is 0 Å². The summed E-state index contributed by atoms with van der Waals surface area (Å²) in [4.78, 5) is 40.4. The second-order valence-electron chi connectivity index (χ2n) is 5.16. The molecule has 1 heterocycles. The Hall–Kier alpha value is -3.09. The molecule has 24 heavy (non-hydrogen) atoms. The van der Waals surface area contributed by atoms with E-state index in [1.807, 2.05) is 0 Å². The minimum absolute atomic E-state index is 0.0603. The second kappa shape index (κ2) is 5.84. The molecular weight excluding hydrogens is 320 g/mol. The number of benzene rings is 2. The monoisotopic (exact) mass is 331 g/mol. The third-order valence-electron chi connectivity index (χ3n) is 3.51. The van der Waals surface area contributed by atoms with E-state index in [9.17, 15) is 23.2 Å². The Morgan fingerprint density at radius 2 is 1.42 bits per heavy atom. The number of alkyl halides is 2. The number of amides is 2. The van der Waals surface area contributed by atoms with Crippen LogP contribution in [0.4, 0.5) is 8.78 Å². The van der Waals surface area contributed by atoms with E-state index in [2.05, 4.69) is 4.84 Å². The van der Waals surface area contributed by atoms with Gasteiger partial charge in [-0.3, -0.25) is 9.59 Å². The van der Waals surface area contributed by atoms with Crippen LogP contribution in [0.2, 0.25) is 0 Å². The Kier molecular flexibility index (Phi) is 3.84.